The first-order chi connectivity index (χ1) is 7.99. The molecule has 2 rings (SSSR count). The predicted molar refractivity (Wildman–Crippen MR) is 70.4 cm³/mol. The molecule has 1 nitrogen and oxygen atoms in total. The molecule has 1 atom stereocenters. The van der Waals surface area contributed by atoms with E-state index in [4.69, 9.17) is 16.0 Å². The molecule has 90 valence electrons. The molecule has 0 spiro atoms. The van der Waals surface area contributed by atoms with E-state index >= 15 is 0 Å². The summed E-state index contributed by atoms with van der Waals surface area (Å²) in [5.41, 5.74) is 2.78. The summed E-state index contributed by atoms with van der Waals surface area (Å²) in [5.74, 6) is 0.494. The highest BCUT2D eigenvalue weighted by Crippen LogP contribution is 2.36. The van der Waals surface area contributed by atoms with E-state index in [0.29, 0.717) is 11.0 Å². The van der Waals surface area contributed by atoms with Crippen LogP contribution in [-0.2, 0) is 0 Å². The van der Waals surface area contributed by atoms with Crippen molar-refractivity contribution in [2.75, 3.05) is 0 Å². The Morgan fingerprint density at radius 3 is 2.29 bits per heavy atom. The van der Waals surface area contributed by atoms with E-state index in [1.54, 1.807) is 6.07 Å². The van der Waals surface area contributed by atoms with Crippen LogP contribution in [0.5, 0.6) is 0 Å². The number of hydrogen-bond acceptors (Lipinski definition) is 1. The zero-order valence-electron chi connectivity index (χ0n) is 9.43. The molecule has 4 heteroatoms. The molecule has 0 aliphatic carbocycles. The van der Waals surface area contributed by atoms with E-state index in [2.05, 4.69) is 15.9 Å². The van der Waals surface area contributed by atoms with Gasteiger partial charge in [0, 0.05) is 0 Å². The molecular formula is C13H11BrClFO. The molecule has 1 unspecified atom stereocenters. The van der Waals surface area contributed by atoms with Gasteiger partial charge in [-0.1, -0.05) is 15.9 Å². The second-order valence-corrected chi connectivity index (χ2v) is 5.25. The van der Waals surface area contributed by atoms with Crippen molar-refractivity contribution in [3.63, 3.8) is 0 Å². The van der Waals surface area contributed by atoms with Crippen LogP contribution in [0.3, 0.4) is 0 Å². The van der Waals surface area contributed by atoms with Gasteiger partial charge in [-0.05, 0) is 66.4 Å². The average molecular weight is 318 g/mol. The Hall–Kier alpha value is -0.800. The number of hydrogen-bond donors (Lipinski definition) is 0. The molecule has 1 aromatic heterocycles. The maximum atomic E-state index is 13.2. The maximum absolute atomic E-state index is 13.2. The maximum Gasteiger partial charge on any atom is 0.193 e. The zero-order chi connectivity index (χ0) is 12.6. The first kappa shape index (κ1) is 12.7. The lowest BCUT2D eigenvalue weighted by Crippen LogP contribution is -1.99. The lowest BCUT2D eigenvalue weighted by atomic mass is 9.98. The van der Waals surface area contributed by atoms with Crippen molar-refractivity contribution in [2.45, 2.75) is 18.7 Å². The number of alkyl halides is 1. The van der Waals surface area contributed by atoms with Crippen LogP contribution >= 0.6 is 27.5 Å². The highest BCUT2D eigenvalue weighted by molar-refractivity contribution is 9.09. The van der Waals surface area contributed by atoms with Gasteiger partial charge in [0.15, 0.2) is 5.22 Å². The molecule has 0 bridgehead atoms. The summed E-state index contributed by atoms with van der Waals surface area (Å²) in [5, 5.41) is 0.349. The van der Waals surface area contributed by atoms with Gasteiger partial charge < -0.3 is 4.42 Å². The molecule has 0 aliphatic rings. The average Bonchev–Trinajstić information content (AvgIpc) is 2.63. The molecule has 0 radical (unpaired) electrons. The normalized spacial score (nSPS) is 12.8. The Kier molecular flexibility index (Phi) is 3.59. The van der Waals surface area contributed by atoms with Crippen LogP contribution in [0.4, 0.5) is 4.39 Å². The fraction of sp³-hybridized carbons (Fsp3) is 0.231. The number of halogens is 3. The highest BCUT2D eigenvalue weighted by Gasteiger charge is 2.19. The summed E-state index contributed by atoms with van der Waals surface area (Å²) in [6.45, 7) is 3.76. The molecule has 0 saturated heterocycles. The van der Waals surface area contributed by atoms with Crippen LogP contribution in [0.1, 0.15) is 27.3 Å². The molecule has 1 aromatic carbocycles. The molecule has 17 heavy (non-hydrogen) atoms. The van der Waals surface area contributed by atoms with Crippen molar-refractivity contribution in [3.05, 3.63) is 57.8 Å². The van der Waals surface area contributed by atoms with E-state index in [1.165, 1.54) is 12.1 Å². The smallest absolute Gasteiger partial charge is 0.193 e. The summed E-state index contributed by atoms with van der Waals surface area (Å²) in [4.78, 5) is -0.115. The van der Waals surface area contributed by atoms with Crippen LogP contribution in [0.15, 0.2) is 28.7 Å². The highest BCUT2D eigenvalue weighted by atomic mass is 79.9. The minimum atomic E-state index is -0.221. The summed E-state index contributed by atoms with van der Waals surface area (Å²) in [7, 11) is 0. The summed E-state index contributed by atoms with van der Waals surface area (Å²) in [6, 6.07) is 6.53. The van der Waals surface area contributed by atoms with Crippen molar-refractivity contribution < 1.29 is 8.81 Å². The Labute approximate surface area is 113 Å². The Morgan fingerprint density at radius 1 is 1.24 bits per heavy atom. The van der Waals surface area contributed by atoms with Crippen molar-refractivity contribution in [1.29, 1.82) is 0 Å². The third kappa shape index (κ3) is 2.55. The summed E-state index contributed by atoms with van der Waals surface area (Å²) >= 11 is 9.31. The number of furan rings is 1. The van der Waals surface area contributed by atoms with Gasteiger partial charge in [-0.3, -0.25) is 0 Å². The van der Waals surface area contributed by atoms with E-state index in [1.807, 2.05) is 19.9 Å². The Morgan fingerprint density at radius 2 is 1.82 bits per heavy atom. The minimum Gasteiger partial charge on any atom is -0.448 e. The fourth-order valence-corrected chi connectivity index (χ4v) is 3.05. The van der Waals surface area contributed by atoms with Gasteiger partial charge in [-0.2, -0.15) is 0 Å². The van der Waals surface area contributed by atoms with Gasteiger partial charge in [-0.25, -0.2) is 4.39 Å². The topological polar surface area (TPSA) is 13.1 Å². The van der Waals surface area contributed by atoms with E-state index < -0.39 is 0 Å². The fourth-order valence-electron chi connectivity index (χ4n) is 1.93. The number of rotatable bonds is 2. The molecule has 0 aliphatic heterocycles. The number of benzene rings is 1. The van der Waals surface area contributed by atoms with Gasteiger partial charge in [0.1, 0.15) is 11.6 Å². The second-order valence-electron chi connectivity index (χ2n) is 3.96. The van der Waals surface area contributed by atoms with Crippen molar-refractivity contribution in [3.8, 4) is 0 Å². The summed E-state index contributed by atoms with van der Waals surface area (Å²) < 4.78 is 18.6. The lowest BCUT2D eigenvalue weighted by Gasteiger charge is -2.14. The van der Waals surface area contributed by atoms with Gasteiger partial charge >= 0.3 is 0 Å². The zero-order valence-corrected chi connectivity index (χ0v) is 11.8. The van der Waals surface area contributed by atoms with Gasteiger partial charge in [0.2, 0.25) is 0 Å². The predicted octanol–water partition coefficient (Wildman–Crippen LogP) is 5.17. The van der Waals surface area contributed by atoms with Crippen LogP contribution < -0.4 is 0 Å². The van der Waals surface area contributed by atoms with Crippen molar-refractivity contribution in [2.24, 2.45) is 0 Å². The quantitative estimate of drug-likeness (QED) is 0.696. The van der Waals surface area contributed by atoms with Crippen LogP contribution in [0.25, 0.3) is 0 Å². The van der Waals surface area contributed by atoms with Gasteiger partial charge in [-0.15, -0.1) is 0 Å². The Bertz CT molecular complexity index is 527. The molecule has 1 heterocycles. The van der Waals surface area contributed by atoms with Crippen LogP contribution in [-0.4, -0.2) is 0 Å². The largest absolute Gasteiger partial charge is 0.448 e. The minimum absolute atomic E-state index is 0.115. The van der Waals surface area contributed by atoms with Crippen molar-refractivity contribution >= 4 is 27.5 Å². The third-order valence-corrected chi connectivity index (χ3v) is 3.77. The molecule has 0 N–H and O–H groups in total. The Balaban J connectivity index is 2.47. The lowest BCUT2D eigenvalue weighted by molar-refractivity contribution is 0.520. The molecule has 0 fully saturated rings. The molecule has 2 aromatic rings. The monoisotopic (exact) mass is 316 g/mol. The first-order valence-electron chi connectivity index (χ1n) is 5.15. The van der Waals surface area contributed by atoms with E-state index in [-0.39, 0.29) is 10.6 Å². The van der Waals surface area contributed by atoms with Crippen molar-refractivity contribution in [1.82, 2.24) is 0 Å². The van der Waals surface area contributed by atoms with E-state index in [0.717, 1.165) is 16.7 Å². The van der Waals surface area contributed by atoms with Crippen LogP contribution in [0, 0.1) is 19.7 Å². The molecular weight excluding hydrogens is 306 g/mol. The SMILES string of the molecule is Cc1cc(F)cc(C)c1C(Br)c1ccc(Cl)o1. The standard InChI is InChI=1S/C13H11BrClFO/c1-7-5-9(16)6-8(2)12(7)13(14)10-3-4-11(15)17-10/h3-6,13H,1-2H3. The summed E-state index contributed by atoms with van der Waals surface area (Å²) in [6.07, 6.45) is 0. The molecule has 0 saturated carbocycles. The van der Waals surface area contributed by atoms with Gasteiger partial charge in [0.25, 0.3) is 0 Å². The molecule has 0 amide bonds. The van der Waals surface area contributed by atoms with Gasteiger partial charge in [0.05, 0.1) is 4.83 Å². The number of aryl methyl sites for hydroxylation is 2. The first-order valence-corrected chi connectivity index (χ1v) is 6.44. The third-order valence-electron chi connectivity index (χ3n) is 2.66. The van der Waals surface area contributed by atoms with E-state index in [9.17, 15) is 4.39 Å². The second kappa shape index (κ2) is 4.83. The van der Waals surface area contributed by atoms with Crippen LogP contribution in [0.2, 0.25) is 5.22 Å².